The van der Waals surface area contributed by atoms with E-state index in [1.54, 1.807) is 16.8 Å². The van der Waals surface area contributed by atoms with Crippen molar-refractivity contribution >= 4 is 23.8 Å². The number of carbonyl (C=O) groups is 1. The summed E-state index contributed by atoms with van der Waals surface area (Å²) in [5.41, 5.74) is 2.50. The molecule has 0 spiro atoms. The first-order valence-electron chi connectivity index (χ1n) is 9.99. The Morgan fingerprint density at radius 2 is 1.61 bits per heavy atom. The van der Waals surface area contributed by atoms with Gasteiger partial charge in [0.1, 0.15) is 12.3 Å². The molecule has 6 nitrogen and oxygen atoms in total. The Labute approximate surface area is 185 Å². The molecule has 4 aromatic rings. The summed E-state index contributed by atoms with van der Waals surface area (Å²) < 4.78 is 9.32. The van der Waals surface area contributed by atoms with Crippen LogP contribution in [0.4, 0.5) is 5.69 Å². The highest BCUT2D eigenvalue weighted by Gasteiger charge is 2.16. The predicted molar refractivity (Wildman–Crippen MR) is 124 cm³/mol. The monoisotopic (exact) mass is 430 g/mol. The molecule has 0 unspecified atom stereocenters. The summed E-state index contributed by atoms with van der Waals surface area (Å²) in [4.78, 5) is 12.7. The summed E-state index contributed by atoms with van der Waals surface area (Å²) in [5, 5.41) is 7.56. The number of carbonyl (C=O) groups excluding carboxylic acids is 1. The van der Waals surface area contributed by atoms with E-state index >= 15 is 0 Å². The lowest BCUT2D eigenvalue weighted by Gasteiger charge is -2.07. The first-order chi connectivity index (χ1) is 15.2. The minimum Gasteiger partial charge on any atom is -0.494 e. The fraction of sp³-hybridized carbons (Fsp3) is 0.125. The second-order valence-corrected chi connectivity index (χ2v) is 7.17. The van der Waals surface area contributed by atoms with Crippen molar-refractivity contribution in [2.24, 2.45) is 0 Å². The predicted octanol–water partition coefficient (Wildman–Crippen LogP) is 5.11. The summed E-state index contributed by atoms with van der Waals surface area (Å²) in [6, 6.07) is 26.8. The maximum atomic E-state index is 12.7. The number of rotatable bonds is 7. The Balaban J connectivity index is 1.62. The lowest BCUT2D eigenvalue weighted by Crippen LogP contribution is -2.19. The molecular weight excluding hydrogens is 408 g/mol. The Hall–Kier alpha value is -3.71. The van der Waals surface area contributed by atoms with E-state index in [4.69, 9.17) is 17.0 Å². The van der Waals surface area contributed by atoms with E-state index in [2.05, 4.69) is 10.4 Å². The summed E-state index contributed by atoms with van der Waals surface area (Å²) in [6.07, 6.45) is 0. The van der Waals surface area contributed by atoms with Crippen LogP contribution in [0.5, 0.6) is 5.75 Å². The third kappa shape index (κ3) is 4.73. The number of para-hydroxylation sites is 1. The summed E-state index contributed by atoms with van der Waals surface area (Å²) in [5.74, 6) is 1.24. The Morgan fingerprint density at radius 1 is 0.968 bits per heavy atom. The van der Waals surface area contributed by atoms with Crippen LogP contribution in [0.1, 0.15) is 6.92 Å². The fourth-order valence-corrected chi connectivity index (χ4v) is 3.53. The average Bonchev–Trinajstić information content (AvgIpc) is 3.12. The van der Waals surface area contributed by atoms with E-state index in [1.807, 2.05) is 84.3 Å². The van der Waals surface area contributed by atoms with E-state index in [-0.39, 0.29) is 12.5 Å². The van der Waals surface area contributed by atoms with Crippen molar-refractivity contribution in [3.05, 3.63) is 89.7 Å². The van der Waals surface area contributed by atoms with Crippen LogP contribution in [0.3, 0.4) is 0 Å². The van der Waals surface area contributed by atoms with Crippen LogP contribution >= 0.6 is 12.2 Å². The van der Waals surface area contributed by atoms with Gasteiger partial charge in [-0.15, -0.1) is 0 Å². The molecule has 0 fully saturated rings. The Bertz CT molecular complexity index is 1220. The molecule has 1 aromatic heterocycles. The van der Waals surface area contributed by atoms with E-state index in [0.717, 1.165) is 17.0 Å². The zero-order valence-corrected chi connectivity index (χ0v) is 17.9. The van der Waals surface area contributed by atoms with Crippen molar-refractivity contribution in [3.8, 4) is 22.8 Å². The van der Waals surface area contributed by atoms with Crippen LogP contribution in [0, 0.1) is 4.77 Å². The van der Waals surface area contributed by atoms with Crippen molar-refractivity contribution in [2.75, 3.05) is 11.9 Å². The molecule has 0 saturated carbocycles. The van der Waals surface area contributed by atoms with E-state index in [9.17, 15) is 4.79 Å². The number of ether oxygens (including phenoxy) is 1. The van der Waals surface area contributed by atoms with Gasteiger partial charge < -0.3 is 10.1 Å². The van der Waals surface area contributed by atoms with E-state index in [1.165, 1.54) is 0 Å². The maximum Gasteiger partial charge on any atom is 0.246 e. The van der Waals surface area contributed by atoms with E-state index in [0.29, 0.717) is 22.9 Å². The molecule has 0 saturated heterocycles. The quantitative estimate of drug-likeness (QED) is 0.414. The molecule has 156 valence electrons. The molecule has 0 bridgehead atoms. The standard InChI is InChI=1S/C24H22N4O2S/c1-2-30-21-15-13-19(14-16-21)25-22(29)17-27-24(31)28(20-11-7-4-8-12-20)23(26-27)18-9-5-3-6-10-18/h3-16H,2,17H2,1H3,(H,25,29). The number of hydrogen-bond donors (Lipinski definition) is 1. The lowest BCUT2D eigenvalue weighted by molar-refractivity contribution is -0.116. The van der Waals surface area contributed by atoms with Gasteiger partial charge in [-0.05, 0) is 55.5 Å². The highest BCUT2D eigenvalue weighted by atomic mass is 32.1. The van der Waals surface area contributed by atoms with Crippen LogP contribution < -0.4 is 10.1 Å². The second-order valence-electron chi connectivity index (χ2n) is 6.81. The summed E-state index contributed by atoms with van der Waals surface area (Å²) in [7, 11) is 0. The third-order valence-electron chi connectivity index (χ3n) is 4.63. The third-order valence-corrected chi connectivity index (χ3v) is 5.02. The SMILES string of the molecule is CCOc1ccc(NC(=O)Cn2nc(-c3ccccc3)n(-c3ccccc3)c2=S)cc1. The first kappa shape index (κ1) is 20.6. The van der Waals surface area contributed by atoms with Crippen LogP contribution in [0.2, 0.25) is 0 Å². The molecule has 0 aliphatic carbocycles. The second kappa shape index (κ2) is 9.40. The van der Waals surface area contributed by atoms with Gasteiger partial charge in [0.25, 0.3) is 0 Å². The van der Waals surface area contributed by atoms with Gasteiger partial charge in [-0.3, -0.25) is 9.36 Å². The van der Waals surface area contributed by atoms with Crippen molar-refractivity contribution in [2.45, 2.75) is 13.5 Å². The molecule has 0 aliphatic heterocycles. The van der Waals surface area contributed by atoms with Crippen molar-refractivity contribution in [3.63, 3.8) is 0 Å². The van der Waals surface area contributed by atoms with Gasteiger partial charge in [-0.2, -0.15) is 5.10 Å². The topological polar surface area (TPSA) is 61.1 Å². The smallest absolute Gasteiger partial charge is 0.246 e. The molecule has 3 aromatic carbocycles. The van der Waals surface area contributed by atoms with Crippen LogP contribution in [0.25, 0.3) is 17.1 Å². The summed E-state index contributed by atoms with van der Waals surface area (Å²) in [6.45, 7) is 2.53. The molecule has 0 atom stereocenters. The number of amides is 1. The van der Waals surface area contributed by atoms with Gasteiger partial charge in [0.2, 0.25) is 10.7 Å². The number of nitrogens with one attached hydrogen (secondary N) is 1. The molecule has 0 aliphatic rings. The molecule has 4 rings (SSSR count). The van der Waals surface area contributed by atoms with Gasteiger partial charge in [0.15, 0.2) is 5.82 Å². The zero-order valence-electron chi connectivity index (χ0n) is 17.1. The molecule has 1 amide bonds. The summed E-state index contributed by atoms with van der Waals surface area (Å²) >= 11 is 5.69. The minimum atomic E-state index is -0.211. The molecule has 1 heterocycles. The largest absolute Gasteiger partial charge is 0.494 e. The fourth-order valence-electron chi connectivity index (χ4n) is 3.23. The molecule has 0 radical (unpaired) electrons. The van der Waals surface area contributed by atoms with Gasteiger partial charge in [0, 0.05) is 16.9 Å². The number of aromatic nitrogens is 3. The van der Waals surface area contributed by atoms with Gasteiger partial charge in [0.05, 0.1) is 6.61 Å². The number of hydrogen-bond acceptors (Lipinski definition) is 4. The number of nitrogens with zero attached hydrogens (tertiary/aromatic N) is 3. The van der Waals surface area contributed by atoms with Crippen molar-refractivity contribution in [1.29, 1.82) is 0 Å². The number of benzene rings is 3. The Kier molecular flexibility index (Phi) is 6.24. The maximum absolute atomic E-state index is 12.7. The first-order valence-corrected chi connectivity index (χ1v) is 10.4. The van der Waals surface area contributed by atoms with Crippen LogP contribution in [0.15, 0.2) is 84.9 Å². The molecule has 7 heteroatoms. The molecular formula is C24H22N4O2S. The van der Waals surface area contributed by atoms with Crippen molar-refractivity contribution in [1.82, 2.24) is 14.3 Å². The minimum absolute atomic E-state index is 0.00567. The average molecular weight is 431 g/mol. The van der Waals surface area contributed by atoms with Crippen molar-refractivity contribution < 1.29 is 9.53 Å². The highest BCUT2D eigenvalue weighted by Crippen LogP contribution is 2.22. The zero-order chi connectivity index (χ0) is 21.6. The van der Waals surface area contributed by atoms with Gasteiger partial charge >= 0.3 is 0 Å². The van der Waals surface area contributed by atoms with Gasteiger partial charge in [-0.1, -0.05) is 48.5 Å². The molecule has 1 N–H and O–H groups in total. The molecule has 31 heavy (non-hydrogen) atoms. The lowest BCUT2D eigenvalue weighted by atomic mass is 10.2. The number of anilines is 1. The highest BCUT2D eigenvalue weighted by molar-refractivity contribution is 7.71. The van der Waals surface area contributed by atoms with Crippen LogP contribution in [-0.2, 0) is 11.3 Å². The van der Waals surface area contributed by atoms with E-state index < -0.39 is 0 Å². The normalized spacial score (nSPS) is 10.6. The Morgan fingerprint density at radius 3 is 2.26 bits per heavy atom. The van der Waals surface area contributed by atoms with Crippen LogP contribution in [-0.4, -0.2) is 26.9 Å². The van der Waals surface area contributed by atoms with Gasteiger partial charge in [-0.25, -0.2) is 4.68 Å².